The van der Waals surface area contributed by atoms with Crippen LogP contribution in [0.15, 0.2) is 53.5 Å². The normalized spacial score (nSPS) is 15.1. The minimum absolute atomic E-state index is 0. The molecule has 232 valence electrons. The maximum absolute atomic E-state index is 10.1. The zero-order chi connectivity index (χ0) is 30.5. The first kappa shape index (κ1) is 37.7. The molecule has 2 aliphatic heterocycles. The molecule has 0 fully saturated rings. The molecular formula is C34H48Br2N2O4. The summed E-state index contributed by atoms with van der Waals surface area (Å²) in [5, 5.41) is 9.18. The van der Waals surface area contributed by atoms with Crippen molar-refractivity contribution in [2.45, 2.75) is 97.3 Å². The SMILES string of the molecule is CC1=Nc2ccccc2C1(C)C.CC1=[N+](CCCCCOC=O)c2ccccc2C1(C)C.O=C(O)CCCCCBr.[Br-]. The topological polar surface area (TPSA) is 79.0 Å². The molecule has 6 nitrogen and oxygen atoms in total. The average Bonchev–Trinajstić information content (AvgIpc) is 3.29. The van der Waals surface area contributed by atoms with Gasteiger partial charge in [-0.25, -0.2) is 0 Å². The predicted octanol–water partition coefficient (Wildman–Crippen LogP) is 5.53. The van der Waals surface area contributed by atoms with Gasteiger partial charge >= 0.3 is 5.97 Å². The number of carbonyl (C=O) groups is 2. The van der Waals surface area contributed by atoms with E-state index in [4.69, 9.17) is 9.84 Å². The molecule has 2 aromatic rings. The van der Waals surface area contributed by atoms with Crippen LogP contribution >= 0.6 is 15.9 Å². The third kappa shape index (κ3) is 10.4. The summed E-state index contributed by atoms with van der Waals surface area (Å²) in [5.74, 6) is -0.690. The first-order chi connectivity index (χ1) is 19.5. The van der Waals surface area contributed by atoms with Gasteiger partial charge in [-0.3, -0.25) is 14.6 Å². The second-order valence-electron chi connectivity index (χ2n) is 11.6. The highest BCUT2D eigenvalue weighted by atomic mass is 79.9. The molecular weight excluding hydrogens is 660 g/mol. The largest absolute Gasteiger partial charge is 1.00 e. The molecule has 0 aliphatic carbocycles. The molecule has 0 amide bonds. The Kier molecular flexibility index (Phi) is 16.5. The van der Waals surface area contributed by atoms with Gasteiger partial charge in [-0.1, -0.05) is 72.6 Å². The summed E-state index contributed by atoms with van der Waals surface area (Å²) in [5.41, 5.74) is 8.14. The van der Waals surface area contributed by atoms with Crippen molar-refractivity contribution >= 4 is 51.2 Å². The fourth-order valence-electron chi connectivity index (χ4n) is 5.08. The zero-order valence-electron chi connectivity index (χ0n) is 26.1. The molecule has 0 saturated carbocycles. The number of alkyl halides is 1. The predicted molar refractivity (Wildman–Crippen MR) is 173 cm³/mol. The number of rotatable bonds is 12. The smallest absolute Gasteiger partial charge is 0.303 e. The van der Waals surface area contributed by atoms with Gasteiger partial charge in [-0.05, 0) is 58.1 Å². The second-order valence-corrected chi connectivity index (χ2v) is 12.4. The van der Waals surface area contributed by atoms with Crippen LogP contribution in [0, 0.1) is 0 Å². The summed E-state index contributed by atoms with van der Waals surface area (Å²) < 4.78 is 7.16. The van der Waals surface area contributed by atoms with Gasteiger partial charge < -0.3 is 26.8 Å². The van der Waals surface area contributed by atoms with E-state index in [9.17, 15) is 9.59 Å². The molecule has 2 heterocycles. The van der Waals surface area contributed by atoms with Crippen molar-refractivity contribution in [1.82, 2.24) is 0 Å². The molecule has 0 radical (unpaired) electrons. The number of fused-ring (bicyclic) bond motifs is 2. The Hall–Kier alpha value is -2.32. The van der Waals surface area contributed by atoms with E-state index in [1.54, 1.807) is 0 Å². The van der Waals surface area contributed by atoms with Crippen molar-refractivity contribution in [2.75, 3.05) is 18.5 Å². The molecule has 8 heteroatoms. The lowest BCUT2D eigenvalue weighted by Gasteiger charge is -2.19. The molecule has 4 rings (SSSR count). The lowest BCUT2D eigenvalue weighted by Crippen LogP contribution is -3.00. The molecule has 2 aliphatic rings. The highest BCUT2D eigenvalue weighted by molar-refractivity contribution is 9.09. The molecule has 0 bridgehead atoms. The van der Waals surface area contributed by atoms with Crippen molar-refractivity contribution in [3.8, 4) is 0 Å². The van der Waals surface area contributed by atoms with Gasteiger partial charge in [-0.15, -0.1) is 0 Å². The van der Waals surface area contributed by atoms with Crippen LogP contribution in [-0.4, -0.2) is 52.0 Å². The van der Waals surface area contributed by atoms with Crippen molar-refractivity contribution < 1.29 is 41.0 Å². The van der Waals surface area contributed by atoms with Crippen LogP contribution in [0.3, 0.4) is 0 Å². The van der Waals surface area contributed by atoms with E-state index < -0.39 is 5.97 Å². The van der Waals surface area contributed by atoms with E-state index in [2.05, 4.69) is 110 Å². The summed E-state index contributed by atoms with van der Waals surface area (Å²) >= 11 is 3.27. The number of nitrogens with zero attached hydrogens (tertiary/aromatic N) is 2. The molecule has 42 heavy (non-hydrogen) atoms. The van der Waals surface area contributed by atoms with E-state index >= 15 is 0 Å². The fraction of sp³-hybridized carbons (Fsp3) is 0.529. The van der Waals surface area contributed by atoms with Crippen LogP contribution in [0.5, 0.6) is 0 Å². The quantitative estimate of drug-likeness (QED) is 0.136. The molecule has 2 aromatic carbocycles. The number of unbranched alkanes of at least 4 members (excludes halogenated alkanes) is 4. The molecule has 1 N–H and O–H groups in total. The molecule has 0 atom stereocenters. The summed E-state index contributed by atoms with van der Waals surface area (Å²) in [4.78, 5) is 24.5. The van der Waals surface area contributed by atoms with Gasteiger partial charge in [-0.2, -0.15) is 4.58 Å². The lowest BCUT2D eigenvalue weighted by molar-refractivity contribution is -0.439. The number of ether oxygens (including phenoxy) is 1. The van der Waals surface area contributed by atoms with Gasteiger partial charge in [0, 0.05) is 47.9 Å². The van der Waals surface area contributed by atoms with E-state index in [-0.39, 0.29) is 27.8 Å². The monoisotopic (exact) mass is 706 g/mol. The Labute approximate surface area is 271 Å². The number of aliphatic imine (C=N–C) groups is 1. The van der Waals surface area contributed by atoms with E-state index in [0.29, 0.717) is 19.5 Å². The van der Waals surface area contributed by atoms with Crippen LogP contribution in [0.2, 0.25) is 0 Å². The molecule has 0 saturated heterocycles. The van der Waals surface area contributed by atoms with Crippen molar-refractivity contribution in [3.05, 3.63) is 59.7 Å². The number of halogens is 2. The average molecular weight is 709 g/mol. The van der Waals surface area contributed by atoms with Gasteiger partial charge in [0.25, 0.3) is 6.47 Å². The van der Waals surface area contributed by atoms with Gasteiger partial charge in [0.2, 0.25) is 5.69 Å². The first-order valence-electron chi connectivity index (χ1n) is 14.7. The van der Waals surface area contributed by atoms with Gasteiger partial charge in [0.1, 0.15) is 6.54 Å². The Bertz CT molecular complexity index is 1220. The van der Waals surface area contributed by atoms with E-state index in [1.165, 1.54) is 28.2 Å². The number of carboxylic acids is 1. The Balaban J connectivity index is 0.000000342. The van der Waals surface area contributed by atoms with Crippen LogP contribution in [0.25, 0.3) is 0 Å². The molecule has 0 unspecified atom stereocenters. The number of carbonyl (C=O) groups excluding carboxylic acids is 1. The maximum Gasteiger partial charge on any atom is 0.303 e. The van der Waals surface area contributed by atoms with Gasteiger partial charge in [0.05, 0.1) is 17.7 Å². The lowest BCUT2D eigenvalue weighted by atomic mass is 9.82. The number of aliphatic carboxylic acids is 1. The number of hydrogen-bond donors (Lipinski definition) is 1. The fourth-order valence-corrected chi connectivity index (χ4v) is 5.48. The summed E-state index contributed by atoms with van der Waals surface area (Å²) in [6.45, 7) is 15.4. The highest BCUT2D eigenvalue weighted by Gasteiger charge is 2.42. The number of benzene rings is 2. The summed E-state index contributed by atoms with van der Waals surface area (Å²) in [7, 11) is 0. The van der Waals surface area contributed by atoms with Crippen molar-refractivity contribution in [1.29, 1.82) is 0 Å². The number of para-hydroxylation sites is 2. The number of carboxylic acid groups (broad SMARTS) is 1. The zero-order valence-corrected chi connectivity index (χ0v) is 29.3. The van der Waals surface area contributed by atoms with E-state index in [0.717, 1.165) is 56.1 Å². The first-order valence-corrected chi connectivity index (χ1v) is 15.8. The second kappa shape index (κ2) is 18.4. The number of hydrogen-bond acceptors (Lipinski definition) is 4. The Morgan fingerprint density at radius 2 is 1.52 bits per heavy atom. The minimum atomic E-state index is -0.690. The van der Waals surface area contributed by atoms with E-state index in [1.807, 2.05) is 6.07 Å². The van der Waals surface area contributed by atoms with Crippen molar-refractivity contribution in [3.63, 3.8) is 0 Å². The molecule has 0 spiro atoms. The minimum Gasteiger partial charge on any atom is -1.00 e. The third-order valence-corrected chi connectivity index (χ3v) is 8.74. The van der Waals surface area contributed by atoms with Crippen LogP contribution in [0.4, 0.5) is 11.4 Å². The Morgan fingerprint density at radius 3 is 2.14 bits per heavy atom. The summed E-state index contributed by atoms with van der Waals surface area (Å²) in [6.07, 6.45) is 6.35. The van der Waals surface area contributed by atoms with Gasteiger partial charge in [0.15, 0.2) is 5.71 Å². The highest BCUT2D eigenvalue weighted by Crippen LogP contribution is 2.40. The van der Waals surface area contributed by atoms with Crippen LogP contribution in [0.1, 0.15) is 97.6 Å². The molecule has 0 aromatic heterocycles. The van der Waals surface area contributed by atoms with Crippen LogP contribution in [-0.2, 0) is 25.2 Å². The van der Waals surface area contributed by atoms with Crippen LogP contribution < -0.4 is 17.0 Å². The summed E-state index contributed by atoms with van der Waals surface area (Å²) in [6, 6.07) is 17.0. The maximum atomic E-state index is 10.1. The Morgan fingerprint density at radius 1 is 0.905 bits per heavy atom. The third-order valence-electron chi connectivity index (χ3n) is 8.18. The van der Waals surface area contributed by atoms with Crippen molar-refractivity contribution in [2.24, 2.45) is 4.99 Å². The standard InChI is InChI=1S/C17H24NO2.C11H13N.C6H11BrO2.BrH/c1-14-17(2,3)15-9-5-6-10-16(15)18(14)11-7-4-8-12-20-13-19;1-8-11(2,3)9-6-4-5-7-10(9)12-8;7-5-3-1-2-4-6(8)9;/h5-6,9-10,13H,4,7-8,11-12H2,1-3H3;4-7H,1-3H3;1-5H2,(H,8,9);1H/q+1;;;/p-1.